The third kappa shape index (κ3) is 3.07. The zero-order valence-corrected chi connectivity index (χ0v) is 7.41. The fraction of sp³-hybridized carbons (Fsp3) is 0.200. The van der Waals surface area contributed by atoms with Crippen molar-refractivity contribution in [1.29, 1.82) is 0 Å². The minimum absolute atomic E-state index is 0.0561. The molecule has 0 radical (unpaired) electrons. The monoisotopic (exact) mass is 177 g/mol. The average molecular weight is 177 g/mol. The van der Waals surface area contributed by atoms with Gasteiger partial charge >= 0.3 is 0 Å². The number of nitrogens with one attached hydrogen (secondary N) is 1. The summed E-state index contributed by atoms with van der Waals surface area (Å²) in [6.07, 6.45) is 0.794. The van der Waals surface area contributed by atoms with E-state index in [0.717, 1.165) is 11.8 Å². The summed E-state index contributed by atoms with van der Waals surface area (Å²) < 4.78 is 0. The average Bonchev–Trinajstić information content (AvgIpc) is 2.15. The van der Waals surface area contributed by atoms with Gasteiger partial charge in [-0.1, -0.05) is 24.3 Å². The van der Waals surface area contributed by atoms with Crippen molar-refractivity contribution < 1.29 is 9.59 Å². The molecular weight excluding hydrogens is 166 g/mol. The Balaban J connectivity index is 2.59. The zero-order chi connectivity index (χ0) is 9.68. The molecule has 0 saturated heterocycles. The summed E-state index contributed by atoms with van der Waals surface area (Å²) in [5, 5.41) is 2.67. The zero-order valence-electron chi connectivity index (χ0n) is 7.41. The Morgan fingerprint density at radius 2 is 2.00 bits per heavy atom. The predicted octanol–water partition coefficient (Wildman–Crippen LogP) is 1.14. The number of rotatable bonds is 3. The molecule has 3 nitrogen and oxygen atoms in total. The molecule has 0 aromatic heterocycles. The largest absolute Gasteiger partial charge is 0.352 e. The Bertz CT molecular complexity index is 303. The van der Waals surface area contributed by atoms with E-state index in [-0.39, 0.29) is 5.91 Å². The van der Waals surface area contributed by atoms with E-state index in [9.17, 15) is 9.59 Å². The van der Waals surface area contributed by atoms with Crippen LogP contribution >= 0.6 is 0 Å². The van der Waals surface area contributed by atoms with Crippen molar-refractivity contribution in [3.63, 3.8) is 0 Å². The molecule has 1 N–H and O–H groups in total. The number of hydrogen-bond acceptors (Lipinski definition) is 2. The molecule has 0 heterocycles. The van der Waals surface area contributed by atoms with Crippen LogP contribution in [0, 0.1) is 0 Å². The van der Waals surface area contributed by atoms with Crippen LogP contribution in [-0.4, -0.2) is 12.2 Å². The highest BCUT2D eigenvalue weighted by molar-refractivity contribution is 5.75. The molecule has 0 unspecified atom stereocenters. The summed E-state index contributed by atoms with van der Waals surface area (Å²) >= 11 is 0. The predicted molar refractivity (Wildman–Crippen MR) is 49.4 cm³/mol. The van der Waals surface area contributed by atoms with E-state index < -0.39 is 0 Å². The molecule has 0 spiro atoms. The molecule has 1 aromatic rings. The van der Waals surface area contributed by atoms with Crippen LogP contribution in [0.1, 0.15) is 22.8 Å². The van der Waals surface area contributed by atoms with Gasteiger partial charge in [0, 0.05) is 19.0 Å². The molecule has 68 valence electrons. The first-order chi connectivity index (χ1) is 6.22. The molecule has 1 amide bonds. The van der Waals surface area contributed by atoms with Crippen molar-refractivity contribution in [2.24, 2.45) is 0 Å². The van der Waals surface area contributed by atoms with Gasteiger partial charge in [0.15, 0.2) is 0 Å². The smallest absolute Gasteiger partial charge is 0.217 e. The van der Waals surface area contributed by atoms with Gasteiger partial charge in [-0.3, -0.25) is 9.59 Å². The van der Waals surface area contributed by atoms with E-state index in [0.29, 0.717) is 12.1 Å². The van der Waals surface area contributed by atoms with E-state index in [4.69, 9.17) is 0 Å². The first-order valence-corrected chi connectivity index (χ1v) is 4.01. The minimum atomic E-state index is -0.0561. The highest BCUT2D eigenvalue weighted by atomic mass is 16.1. The van der Waals surface area contributed by atoms with Gasteiger partial charge in [0.25, 0.3) is 0 Å². The van der Waals surface area contributed by atoms with Crippen molar-refractivity contribution in [3.05, 3.63) is 35.4 Å². The summed E-state index contributed by atoms with van der Waals surface area (Å²) in [6.45, 7) is 1.98. The lowest BCUT2D eigenvalue weighted by molar-refractivity contribution is -0.119. The quantitative estimate of drug-likeness (QED) is 0.703. The van der Waals surface area contributed by atoms with Crippen LogP contribution in [0.25, 0.3) is 0 Å². The van der Waals surface area contributed by atoms with Crippen molar-refractivity contribution in [2.45, 2.75) is 13.5 Å². The second-order valence-corrected chi connectivity index (χ2v) is 2.77. The molecule has 0 fully saturated rings. The van der Waals surface area contributed by atoms with Crippen LogP contribution in [0.4, 0.5) is 0 Å². The second kappa shape index (κ2) is 4.40. The molecule has 0 saturated carbocycles. The number of aldehydes is 1. The topological polar surface area (TPSA) is 46.2 Å². The van der Waals surface area contributed by atoms with E-state index in [1.807, 2.05) is 12.1 Å². The van der Waals surface area contributed by atoms with Gasteiger partial charge in [0.05, 0.1) is 0 Å². The summed E-state index contributed by atoms with van der Waals surface area (Å²) in [6, 6.07) is 7.09. The van der Waals surface area contributed by atoms with Gasteiger partial charge in [-0.25, -0.2) is 0 Å². The third-order valence-electron chi connectivity index (χ3n) is 1.66. The number of benzene rings is 1. The van der Waals surface area contributed by atoms with Crippen LogP contribution in [0.2, 0.25) is 0 Å². The number of carbonyl (C=O) groups is 2. The van der Waals surface area contributed by atoms with Gasteiger partial charge < -0.3 is 5.32 Å². The Kier molecular flexibility index (Phi) is 3.20. The normalized spacial score (nSPS) is 9.31. The summed E-state index contributed by atoms with van der Waals surface area (Å²) in [7, 11) is 0. The van der Waals surface area contributed by atoms with Gasteiger partial charge in [-0.15, -0.1) is 0 Å². The van der Waals surface area contributed by atoms with Gasteiger partial charge in [-0.05, 0) is 5.56 Å². The SMILES string of the molecule is CC(=O)NCc1ccc(C=O)cc1. The minimum Gasteiger partial charge on any atom is -0.352 e. The number of amides is 1. The van der Waals surface area contributed by atoms with Crippen molar-refractivity contribution in [2.75, 3.05) is 0 Å². The van der Waals surface area contributed by atoms with E-state index in [2.05, 4.69) is 5.32 Å². The molecule has 0 bridgehead atoms. The van der Waals surface area contributed by atoms with E-state index >= 15 is 0 Å². The van der Waals surface area contributed by atoms with E-state index in [1.54, 1.807) is 12.1 Å². The summed E-state index contributed by atoms with van der Waals surface area (Å²) in [5.41, 5.74) is 1.63. The van der Waals surface area contributed by atoms with Gasteiger partial charge in [0.2, 0.25) is 5.91 Å². The first-order valence-electron chi connectivity index (χ1n) is 4.01. The molecular formula is C10H11NO2. The van der Waals surface area contributed by atoms with Crippen LogP contribution < -0.4 is 5.32 Å². The molecule has 0 aliphatic heterocycles. The maximum absolute atomic E-state index is 10.6. The van der Waals surface area contributed by atoms with E-state index in [1.165, 1.54) is 6.92 Å². The number of hydrogen-bond donors (Lipinski definition) is 1. The lowest BCUT2D eigenvalue weighted by Gasteiger charge is -2.01. The Hall–Kier alpha value is -1.64. The highest BCUT2D eigenvalue weighted by Gasteiger charge is 1.94. The number of carbonyl (C=O) groups excluding carboxylic acids is 2. The lowest BCUT2D eigenvalue weighted by Crippen LogP contribution is -2.18. The van der Waals surface area contributed by atoms with Crippen LogP contribution in [-0.2, 0) is 11.3 Å². The Morgan fingerprint density at radius 3 is 2.46 bits per heavy atom. The highest BCUT2D eigenvalue weighted by Crippen LogP contribution is 2.01. The van der Waals surface area contributed by atoms with Crippen molar-refractivity contribution in [1.82, 2.24) is 5.32 Å². The van der Waals surface area contributed by atoms with Crippen LogP contribution in [0.15, 0.2) is 24.3 Å². The van der Waals surface area contributed by atoms with Crippen LogP contribution in [0.3, 0.4) is 0 Å². The third-order valence-corrected chi connectivity index (χ3v) is 1.66. The fourth-order valence-electron chi connectivity index (χ4n) is 0.941. The first kappa shape index (κ1) is 9.45. The van der Waals surface area contributed by atoms with Gasteiger partial charge in [0.1, 0.15) is 6.29 Å². The van der Waals surface area contributed by atoms with Gasteiger partial charge in [-0.2, -0.15) is 0 Å². The van der Waals surface area contributed by atoms with Crippen molar-refractivity contribution in [3.8, 4) is 0 Å². The maximum atomic E-state index is 10.6. The standard InChI is InChI=1S/C10H11NO2/c1-8(13)11-6-9-2-4-10(7-12)5-3-9/h2-5,7H,6H2,1H3,(H,11,13). The maximum Gasteiger partial charge on any atom is 0.217 e. The molecule has 0 aliphatic carbocycles. The molecule has 0 aliphatic rings. The molecule has 3 heteroatoms. The summed E-state index contributed by atoms with van der Waals surface area (Å²) in [4.78, 5) is 20.9. The summed E-state index contributed by atoms with van der Waals surface area (Å²) in [5.74, 6) is -0.0561. The molecule has 13 heavy (non-hydrogen) atoms. The molecule has 1 rings (SSSR count). The van der Waals surface area contributed by atoms with Crippen molar-refractivity contribution >= 4 is 12.2 Å². The lowest BCUT2D eigenvalue weighted by atomic mass is 10.1. The molecule has 1 aromatic carbocycles. The second-order valence-electron chi connectivity index (χ2n) is 2.77. The van der Waals surface area contributed by atoms with Crippen LogP contribution in [0.5, 0.6) is 0 Å². The molecule has 0 atom stereocenters. The Morgan fingerprint density at radius 1 is 1.38 bits per heavy atom. The Labute approximate surface area is 76.8 Å². The fourth-order valence-corrected chi connectivity index (χ4v) is 0.941.